The molecule has 9 heteroatoms. The quantitative estimate of drug-likeness (QED) is 0.508. The van der Waals surface area contributed by atoms with Crippen LogP contribution in [0.15, 0.2) is 53.4 Å². The molecule has 0 unspecified atom stereocenters. The third-order valence-electron chi connectivity index (χ3n) is 4.43. The van der Waals surface area contributed by atoms with E-state index in [2.05, 4.69) is 0 Å². The zero-order chi connectivity index (χ0) is 23.4. The number of hydrogen-bond donors (Lipinski definition) is 0. The Morgan fingerprint density at radius 2 is 1.68 bits per heavy atom. The first kappa shape index (κ1) is 24.7. The first-order chi connectivity index (χ1) is 14.3. The first-order valence-corrected chi connectivity index (χ1v) is 11.2. The molecule has 0 spiro atoms. The first-order valence-electron chi connectivity index (χ1n) is 9.79. The minimum absolute atomic E-state index is 0.0205. The Bertz CT molecular complexity index is 1020. The molecular weight excluding hydrogens is 431 g/mol. The Balaban J connectivity index is 2.24. The van der Waals surface area contributed by atoms with Gasteiger partial charge in [-0.05, 0) is 55.7 Å². The fourth-order valence-electron chi connectivity index (χ4n) is 2.92. The Hall–Kier alpha value is -2.55. The maximum absolute atomic E-state index is 12.9. The molecule has 0 aliphatic rings. The third-order valence-corrected chi connectivity index (χ3v) is 5.68. The number of amides is 1. The van der Waals surface area contributed by atoms with Crippen molar-refractivity contribution in [2.75, 3.05) is 0 Å². The van der Waals surface area contributed by atoms with E-state index in [4.69, 9.17) is 4.18 Å². The SMILES string of the molecule is CC(C)CC(=O)N(Cc1cccc(OS(=O)(=O)c2cccc(C(F)(F)F)c2)c1)C(C)C. The van der Waals surface area contributed by atoms with E-state index in [1.807, 2.05) is 27.7 Å². The van der Waals surface area contributed by atoms with Crippen LogP contribution in [0.1, 0.15) is 45.2 Å². The highest BCUT2D eigenvalue weighted by atomic mass is 32.2. The Morgan fingerprint density at radius 3 is 2.26 bits per heavy atom. The van der Waals surface area contributed by atoms with Crippen LogP contribution in [0.2, 0.25) is 0 Å². The van der Waals surface area contributed by atoms with Crippen LogP contribution in [-0.2, 0) is 27.6 Å². The van der Waals surface area contributed by atoms with Gasteiger partial charge in [-0.15, -0.1) is 0 Å². The lowest BCUT2D eigenvalue weighted by molar-refractivity contribution is -0.137. The molecule has 0 fully saturated rings. The molecule has 2 aromatic rings. The summed E-state index contributed by atoms with van der Waals surface area (Å²) in [6, 6.07) is 9.45. The molecule has 0 aromatic heterocycles. The van der Waals surface area contributed by atoms with Crippen LogP contribution in [0.5, 0.6) is 5.75 Å². The second kappa shape index (κ2) is 9.72. The van der Waals surface area contributed by atoms with Gasteiger partial charge in [0.25, 0.3) is 0 Å². The highest BCUT2D eigenvalue weighted by Gasteiger charge is 2.32. The maximum Gasteiger partial charge on any atom is 0.416 e. The lowest BCUT2D eigenvalue weighted by Crippen LogP contribution is -2.36. The van der Waals surface area contributed by atoms with Gasteiger partial charge in [-0.25, -0.2) is 0 Å². The van der Waals surface area contributed by atoms with Crippen LogP contribution in [0.3, 0.4) is 0 Å². The van der Waals surface area contributed by atoms with Crippen LogP contribution < -0.4 is 4.18 Å². The van der Waals surface area contributed by atoms with E-state index in [0.717, 1.165) is 18.2 Å². The van der Waals surface area contributed by atoms with E-state index in [1.165, 1.54) is 12.1 Å². The average Bonchev–Trinajstić information content (AvgIpc) is 2.64. The van der Waals surface area contributed by atoms with E-state index >= 15 is 0 Å². The zero-order valence-corrected chi connectivity index (χ0v) is 18.6. The van der Waals surface area contributed by atoms with E-state index in [1.54, 1.807) is 17.0 Å². The molecule has 0 atom stereocenters. The minimum Gasteiger partial charge on any atom is -0.379 e. The summed E-state index contributed by atoms with van der Waals surface area (Å²) >= 11 is 0. The van der Waals surface area contributed by atoms with Crippen molar-refractivity contribution in [3.63, 3.8) is 0 Å². The molecule has 0 saturated carbocycles. The molecule has 0 aliphatic carbocycles. The summed E-state index contributed by atoms with van der Waals surface area (Å²) in [5.41, 5.74) is -0.440. The third kappa shape index (κ3) is 6.99. The van der Waals surface area contributed by atoms with Gasteiger partial charge in [0.15, 0.2) is 0 Å². The Kier molecular flexibility index (Phi) is 7.75. The summed E-state index contributed by atoms with van der Waals surface area (Å²) in [7, 11) is -4.47. The molecule has 0 heterocycles. The van der Waals surface area contributed by atoms with Crippen LogP contribution in [0, 0.1) is 5.92 Å². The molecule has 0 aliphatic heterocycles. The number of benzene rings is 2. The second-order valence-corrected chi connectivity index (χ2v) is 9.47. The molecule has 0 bridgehead atoms. The minimum atomic E-state index is -4.67. The molecule has 0 radical (unpaired) electrons. The van der Waals surface area contributed by atoms with Gasteiger partial charge in [0.1, 0.15) is 10.6 Å². The Labute approximate surface area is 181 Å². The summed E-state index contributed by atoms with van der Waals surface area (Å²) in [6.07, 6.45) is -4.29. The summed E-state index contributed by atoms with van der Waals surface area (Å²) in [5.74, 6) is 0.129. The standard InChI is InChI=1S/C22H26F3NO4S/c1-15(2)11-21(27)26(16(3)4)14-17-7-5-9-19(12-17)30-31(28,29)20-10-6-8-18(13-20)22(23,24)25/h5-10,12-13,15-16H,11,14H2,1-4H3. The van der Waals surface area contributed by atoms with E-state index in [0.29, 0.717) is 18.1 Å². The van der Waals surface area contributed by atoms with Gasteiger partial charge in [-0.3, -0.25) is 4.79 Å². The summed E-state index contributed by atoms with van der Waals surface area (Å²) < 4.78 is 68.8. The number of carbonyl (C=O) groups is 1. The van der Waals surface area contributed by atoms with Crippen molar-refractivity contribution in [1.82, 2.24) is 4.90 Å². The molecule has 2 rings (SSSR count). The van der Waals surface area contributed by atoms with Gasteiger partial charge in [-0.1, -0.05) is 32.0 Å². The number of alkyl halides is 3. The number of nitrogens with zero attached hydrogens (tertiary/aromatic N) is 1. The van der Waals surface area contributed by atoms with Gasteiger partial charge in [0, 0.05) is 19.0 Å². The van der Waals surface area contributed by atoms with Gasteiger partial charge in [0.05, 0.1) is 5.56 Å². The fourth-order valence-corrected chi connectivity index (χ4v) is 3.89. The zero-order valence-electron chi connectivity index (χ0n) is 17.8. The van der Waals surface area contributed by atoms with Crippen molar-refractivity contribution in [2.24, 2.45) is 5.92 Å². The van der Waals surface area contributed by atoms with Gasteiger partial charge in [-0.2, -0.15) is 21.6 Å². The predicted molar refractivity (Wildman–Crippen MR) is 111 cm³/mol. The van der Waals surface area contributed by atoms with E-state index in [9.17, 15) is 26.4 Å². The number of carbonyl (C=O) groups excluding carboxylic acids is 1. The van der Waals surface area contributed by atoms with Crippen molar-refractivity contribution in [1.29, 1.82) is 0 Å². The molecule has 0 N–H and O–H groups in total. The van der Waals surface area contributed by atoms with Crippen molar-refractivity contribution < 1.29 is 30.6 Å². The molecule has 2 aromatic carbocycles. The second-order valence-electron chi connectivity index (χ2n) is 7.92. The van der Waals surface area contributed by atoms with Crippen molar-refractivity contribution in [3.8, 4) is 5.75 Å². The van der Waals surface area contributed by atoms with Crippen molar-refractivity contribution in [2.45, 2.75) is 57.8 Å². The van der Waals surface area contributed by atoms with Crippen molar-refractivity contribution in [3.05, 3.63) is 59.7 Å². The number of hydrogen-bond acceptors (Lipinski definition) is 4. The molecular formula is C22H26F3NO4S. The fraction of sp³-hybridized carbons (Fsp3) is 0.409. The van der Waals surface area contributed by atoms with Gasteiger partial charge in [0.2, 0.25) is 5.91 Å². The van der Waals surface area contributed by atoms with Crippen LogP contribution >= 0.6 is 0 Å². The number of halogens is 3. The molecule has 5 nitrogen and oxygen atoms in total. The molecule has 1 amide bonds. The van der Waals surface area contributed by atoms with Crippen LogP contribution in [-0.4, -0.2) is 25.3 Å². The van der Waals surface area contributed by atoms with Gasteiger partial charge < -0.3 is 9.08 Å². The monoisotopic (exact) mass is 457 g/mol. The normalized spacial score (nSPS) is 12.3. The number of rotatable bonds is 8. The largest absolute Gasteiger partial charge is 0.416 e. The van der Waals surface area contributed by atoms with Gasteiger partial charge >= 0.3 is 16.3 Å². The Morgan fingerprint density at radius 1 is 1.03 bits per heavy atom. The lowest BCUT2D eigenvalue weighted by Gasteiger charge is -2.28. The van der Waals surface area contributed by atoms with Crippen LogP contribution in [0.25, 0.3) is 0 Å². The summed E-state index contributed by atoms with van der Waals surface area (Å²) in [5, 5.41) is 0. The molecule has 0 saturated heterocycles. The lowest BCUT2D eigenvalue weighted by atomic mass is 10.1. The van der Waals surface area contributed by atoms with E-state index in [-0.39, 0.29) is 30.2 Å². The average molecular weight is 458 g/mol. The highest BCUT2D eigenvalue weighted by molar-refractivity contribution is 7.87. The summed E-state index contributed by atoms with van der Waals surface area (Å²) in [6.45, 7) is 7.92. The highest BCUT2D eigenvalue weighted by Crippen LogP contribution is 2.31. The topological polar surface area (TPSA) is 63.7 Å². The maximum atomic E-state index is 12.9. The van der Waals surface area contributed by atoms with E-state index < -0.39 is 26.8 Å². The van der Waals surface area contributed by atoms with Crippen molar-refractivity contribution >= 4 is 16.0 Å². The van der Waals surface area contributed by atoms with Crippen LogP contribution in [0.4, 0.5) is 13.2 Å². The summed E-state index contributed by atoms with van der Waals surface area (Å²) in [4.78, 5) is 13.6. The smallest absolute Gasteiger partial charge is 0.379 e. The molecule has 170 valence electrons. The predicted octanol–water partition coefficient (Wildman–Crippen LogP) is 5.26. The molecule has 31 heavy (non-hydrogen) atoms.